The van der Waals surface area contributed by atoms with Crippen molar-refractivity contribution >= 4 is 39.2 Å². The minimum Gasteiger partial charge on any atom is -0.464 e. The Morgan fingerprint density at radius 1 is 1.41 bits per heavy atom. The second-order valence-corrected chi connectivity index (χ2v) is 8.08. The fourth-order valence-electron chi connectivity index (χ4n) is 3.20. The second kappa shape index (κ2) is 7.74. The topological polar surface area (TPSA) is 68.3 Å². The number of hydrogen-bond acceptors (Lipinski definition) is 6. The third kappa shape index (κ3) is 3.46. The lowest BCUT2D eigenvalue weighted by Gasteiger charge is -2.15. The van der Waals surface area contributed by atoms with E-state index < -0.39 is 0 Å². The van der Waals surface area contributed by atoms with Gasteiger partial charge in [-0.2, -0.15) is 0 Å². The fourth-order valence-corrected chi connectivity index (χ4v) is 5.08. The molecule has 0 radical (unpaired) electrons. The van der Waals surface area contributed by atoms with E-state index in [2.05, 4.69) is 11.6 Å². The summed E-state index contributed by atoms with van der Waals surface area (Å²) in [6.45, 7) is 5.74. The van der Waals surface area contributed by atoms with Gasteiger partial charge in [-0.3, -0.25) is 14.2 Å². The average molecular weight is 402 g/mol. The van der Waals surface area contributed by atoms with Crippen molar-refractivity contribution in [2.75, 3.05) is 18.8 Å². The van der Waals surface area contributed by atoms with Crippen LogP contribution in [0.1, 0.15) is 12.8 Å². The molecule has 4 rings (SSSR count). The molecule has 0 aromatic carbocycles. The minimum absolute atomic E-state index is 0.0967. The molecule has 1 aliphatic rings. The van der Waals surface area contributed by atoms with Gasteiger partial charge in [0.05, 0.1) is 17.4 Å². The van der Waals surface area contributed by atoms with Gasteiger partial charge < -0.3 is 9.32 Å². The lowest BCUT2D eigenvalue weighted by atomic mass is 10.2. The van der Waals surface area contributed by atoms with Crippen LogP contribution in [0, 0.1) is 0 Å². The Hall–Kier alpha value is -2.32. The summed E-state index contributed by atoms with van der Waals surface area (Å²) in [6, 6.07) is 3.62. The van der Waals surface area contributed by atoms with Crippen molar-refractivity contribution in [3.05, 3.63) is 46.8 Å². The molecule has 0 N–H and O–H groups in total. The van der Waals surface area contributed by atoms with Gasteiger partial charge in [0.1, 0.15) is 10.6 Å². The smallest absolute Gasteiger partial charge is 0.263 e. The number of hydrogen-bond donors (Lipinski definition) is 0. The van der Waals surface area contributed by atoms with Crippen LogP contribution in [0.25, 0.3) is 21.5 Å². The molecule has 1 aliphatic heterocycles. The number of aromatic nitrogens is 2. The molecular formula is C19H19N3O3S2. The van der Waals surface area contributed by atoms with Crippen molar-refractivity contribution in [1.29, 1.82) is 0 Å². The van der Waals surface area contributed by atoms with E-state index in [9.17, 15) is 9.59 Å². The van der Waals surface area contributed by atoms with Gasteiger partial charge in [-0.05, 0) is 25.0 Å². The summed E-state index contributed by atoms with van der Waals surface area (Å²) < 4.78 is 7.04. The molecule has 0 saturated carbocycles. The van der Waals surface area contributed by atoms with Gasteiger partial charge in [0.15, 0.2) is 5.16 Å². The van der Waals surface area contributed by atoms with Crippen LogP contribution >= 0.6 is 23.1 Å². The van der Waals surface area contributed by atoms with E-state index in [4.69, 9.17) is 4.42 Å². The number of thioether (sulfide) groups is 1. The van der Waals surface area contributed by atoms with E-state index in [1.807, 2.05) is 16.3 Å². The van der Waals surface area contributed by atoms with Crippen LogP contribution in [-0.2, 0) is 11.3 Å². The SMILES string of the molecule is C=CCn1c(SCC(=O)N2CCCC2)nc2scc(-c3ccco3)c2c1=O. The number of carbonyl (C=O) groups excluding carboxylic acids is 1. The second-order valence-electron chi connectivity index (χ2n) is 6.28. The Labute approximate surface area is 164 Å². The van der Waals surface area contributed by atoms with Gasteiger partial charge in [-0.1, -0.05) is 17.8 Å². The normalized spacial score (nSPS) is 14.1. The summed E-state index contributed by atoms with van der Waals surface area (Å²) >= 11 is 2.72. The maximum atomic E-state index is 13.1. The number of rotatable bonds is 6. The third-order valence-corrected chi connectivity index (χ3v) is 6.37. The highest BCUT2D eigenvalue weighted by atomic mass is 32.2. The van der Waals surface area contributed by atoms with Crippen LogP contribution in [0.3, 0.4) is 0 Å². The Morgan fingerprint density at radius 2 is 2.22 bits per heavy atom. The highest BCUT2D eigenvalue weighted by Crippen LogP contribution is 2.32. The summed E-state index contributed by atoms with van der Waals surface area (Å²) in [7, 11) is 0. The molecule has 6 nitrogen and oxygen atoms in total. The number of allylic oxidation sites excluding steroid dienone is 1. The number of thiophene rings is 1. The molecule has 0 spiro atoms. The molecule has 140 valence electrons. The molecule has 1 amide bonds. The van der Waals surface area contributed by atoms with Gasteiger partial charge in [-0.15, -0.1) is 17.9 Å². The van der Waals surface area contributed by atoms with Gasteiger partial charge in [0, 0.05) is 30.6 Å². The highest BCUT2D eigenvalue weighted by molar-refractivity contribution is 7.99. The Kier molecular flexibility index (Phi) is 5.18. The Balaban J connectivity index is 1.70. The third-order valence-electron chi connectivity index (χ3n) is 4.54. The molecule has 0 unspecified atom stereocenters. The molecule has 0 bridgehead atoms. The van der Waals surface area contributed by atoms with Gasteiger partial charge in [0.2, 0.25) is 5.91 Å². The standard InChI is InChI=1S/C19H19N3O3S2/c1-2-7-22-18(24)16-13(14-6-5-10-25-14)11-26-17(16)20-19(22)27-12-15(23)21-8-3-4-9-21/h2,5-6,10-11H,1,3-4,7-9,12H2. The van der Waals surface area contributed by atoms with Gasteiger partial charge >= 0.3 is 0 Å². The number of nitrogens with zero attached hydrogens (tertiary/aromatic N) is 3. The van der Waals surface area contributed by atoms with Crippen LogP contribution in [0.2, 0.25) is 0 Å². The first kappa shape index (κ1) is 18.1. The lowest BCUT2D eigenvalue weighted by molar-refractivity contribution is -0.127. The zero-order valence-electron chi connectivity index (χ0n) is 14.7. The highest BCUT2D eigenvalue weighted by Gasteiger charge is 2.21. The molecule has 4 heterocycles. The van der Waals surface area contributed by atoms with Crippen molar-refractivity contribution in [3.8, 4) is 11.3 Å². The number of furan rings is 1. The molecule has 0 aliphatic carbocycles. The van der Waals surface area contributed by atoms with Crippen LogP contribution in [-0.4, -0.2) is 39.2 Å². The maximum Gasteiger partial charge on any atom is 0.263 e. The molecule has 1 fully saturated rings. The van der Waals surface area contributed by atoms with Crippen molar-refractivity contribution in [2.24, 2.45) is 0 Å². The first-order valence-corrected chi connectivity index (χ1v) is 10.6. The number of carbonyl (C=O) groups is 1. The summed E-state index contributed by atoms with van der Waals surface area (Å²) in [5.74, 6) is 1.03. The van der Waals surface area contributed by atoms with E-state index in [0.29, 0.717) is 27.7 Å². The first-order chi connectivity index (χ1) is 13.2. The summed E-state index contributed by atoms with van der Waals surface area (Å²) in [5, 5.41) is 2.99. The number of amides is 1. The maximum absolute atomic E-state index is 13.1. The van der Waals surface area contributed by atoms with Crippen molar-refractivity contribution in [3.63, 3.8) is 0 Å². The summed E-state index contributed by atoms with van der Waals surface area (Å²) in [5.41, 5.74) is 0.615. The number of fused-ring (bicyclic) bond motifs is 1. The van der Waals surface area contributed by atoms with Crippen LogP contribution in [0.4, 0.5) is 0 Å². The molecule has 0 atom stereocenters. The largest absolute Gasteiger partial charge is 0.464 e. The fraction of sp³-hybridized carbons (Fsp3) is 0.316. The average Bonchev–Trinajstić information content (AvgIpc) is 3.42. The van der Waals surface area contributed by atoms with Crippen LogP contribution in [0.15, 0.2) is 50.8 Å². The molecule has 27 heavy (non-hydrogen) atoms. The predicted molar refractivity (Wildman–Crippen MR) is 108 cm³/mol. The zero-order chi connectivity index (χ0) is 18.8. The van der Waals surface area contributed by atoms with E-state index >= 15 is 0 Å². The monoisotopic (exact) mass is 401 g/mol. The molecule has 3 aromatic rings. The lowest BCUT2D eigenvalue weighted by Crippen LogP contribution is -2.30. The van der Waals surface area contributed by atoms with E-state index in [-0.39, 0.29) is 17.2 Å². The van der Waals surface area contributed by atoms with Crippen molar-refractivity contribution < 1.29 is 9.21 Å². The summed E-state index contributed by atoms with van der Waals surface area (Å²) in [6.07, 6.45) is 5.38. The van der Waals surface area contributed by atoms with Crippen molar-refractivity contribution in [2.45, 2.75) is 24.5 Å². The Bertz CT molecular complexity index is 1030. The molecule has 8 heteroatoms. The van der Waals surface area contributed by atoms with E-state index in [0.717, 1.165) is 31.5 Å². The Morgan fingerprint density at radius 3 is 2.93 bits per heavy atom. The predicted octanol–water partition coefficient (Wildman–Crippen LogP) is 3.62. The van der Waals surface area contributed by atoms with Crippen LogP contribution in [0.5, 0.6) is 0 Å². The van der Waals surface area contributed by atoms with Gasteiger partial charge in [0.25, 0.3) is 5.56 Å². The summed E-state index contributed by atoms with van der Waals surface area (Å²) in [4.78, 5) is 32.7. The first-order valence-electron chi connectivity index (χ1n) is 8.76. The van der Waals surface area contributed by atoms with E-state index in [1.54, 1.807) is 23.0 Å². The molecular weight excluding hydrogens is 382 g/mol. The molecule has 3 aromatic heterocycles. The quantitative estimate of drug-likeness (QED) is 0.358. The van der Waals surface area contributed by atoms with Crippen LogP contribution < -0.4 is 5.56 Å². The molecule has 1 saturated heterocycles. The minimum atomic E-state index is -0.135. The zero-order valence-corrected chi connectivity index (χ0v) is 16.4. The van der Waals surface area contributed by atoms with Crippen molar-refractivity contribution in [1.82, 2.24) is 14.5 Å². The number of likely N-dealkylation sites (tertiary alicyclic amines) is 1. The van der Waals surface area contributed by atoms with Gasteiger partial charge in [-0.25, -0.2) is 4.98 Å². The van der Waals surface area contributed by atoms with E-state index in [1.165, 1.54) is 23.1 Å².